The van der Waals surface area contributed by atoms with Gasteiger partial charge in [0.1, 0.15) is 287 Å². The maximum absolute atomic E-state index is 13.5. The Balaban J connectivity index is 0.904. The number of nitrogens with one attached hydrogen (secondary N) is 5. The second-order valence-electron chi connectivity index (χ2n) is 37.4. The van der Waals surface area contributed by atoms with Crippen LogP contribution in [-0.4, -0.2) is 634 Å². The maximum atomic E-state index is 13.5. The van der Waals surface area contributed by atoms with E-state index in [-0.39, 0.29) is 0 Å². The quantitative estimate of drug-likeness (QED) is 0.0273. The van der Waals surface area contributed by atoms with Crippen molar-refractivity contribution in [1.29, 1.82) is 0 Å². The lowest BCUT2D eigenvalue weighted by atomic mass is 9.93. The highest BCUT2D eigenvalue weighted by Crippen LogP contribution is 2.42. The number of hydrogen-bond donors (Lipinski definition) is 37. The van der Waals surface area contributed by atoms with Gasteiger partial charge in [-0.25, -0.2) is 0 Å². The Bertz CT molecular complexity index is 4110. The van der Waals surface area contributed by atoms with E-state index in [2.05, 4.69) is 26.6 Å². The predicted molar refractivity (Wildman–Crippen MR) is 452 cm³/mol. The van der Waals surface area contributed by atoms with Crippen molar-refractivity contribution in [3.8, 4) is 0 Å². The molecule has 147 heavy (non-hydrogen) atoms. The molecule has 0 aliphatic carbocycles. The first-order chi connectivity index (χ1) is 69.5. The minimum Gasteiger partial charge on any atom is -0.394 e. The minimum absolute atomic E-state index is 0.882. The maximum Gasteiger partial charge on any atom is 0.217 e. The molecule has 0 unspecified atom stereocenters. The summed E-state index contributed by atoms with van der Waals surface area (Å²) in [5, 5.41) is 373. The van der Waals surface area contributed by atoms with Gasteiger partial charge in [0.2, 0.25) is 29.5 Å². The Morgan fingerprint density at radius 1 is 0.190 bits per heavy atom. The number of rotatable bonds is 38. The van der Waals surface area contributed by atoms with E-state index in [0.717, 1.165) is 34.6 Å². The molecule has 0 spiro atoms. The number of carbonyl (C=O) groups is 5. The van der Waals surface area contributed by atoms with Crippen molar-refractivity contribution >= 4 is 29.5 Å². The van der Waals surface area contributed by atoms with Gasteiger partial charge in [0.05, 0.1) is 78.8 Å². The summed E-state index contributed by atoms with van der Waals surface area (Å²) >= 11 is 0. The molecule has 0 aromatic carbocycles. The first kappa shape index (κ1) is 121. The van der Waals surface area contributed by atoms with Crippen LogP contribution in [0.2, 0.25) is 0 Å². The SMILES string of the molecule is CC(=O)N[C@@H]1[C@@H](O)[C@H](O[C@@H]2O[C@H](CO)[C@@H](O[C@@H]3O[C@H](CO[C@H]4O[C@H](CO[C@@H]5O[C@H](CO)[C@@H](O[C@@H]6O[C@H](CO)[C@H](O)[C@H](O)[C@H]6O)[C@H](O)[C@H]5NC(C)=O)[C@@H](O)[C@H](O[C@@H]5O[C@H](CO)[C@@H](O[C@@H]6O[C@H](CO)[C@H](O)[C@H](O)[C@H]6O)[C@H](O)[C@H]5NC(C)=O)[C@@H]4O)[C@@H](O)[C@H](O[C@H]4O[C@H](CO)[C@@H](O)[C@H](O)[C@@H]4O[C@@H]4O[C@H](CO)[C@@H](O[C@@H]5O[C@H](CO)[C@H](O)[C@H](O)[C@H]5O)[C@H](O)[C@H]4NC(C)=O)[C@@H]3O)[C@H](O)[C@H]2NC(C)=O)[C@@H](CO[C@@H]2O[C@@H](C)[C@@H](O)[C@@H](O)[C@@H]2O)O[C@H]1O. The molecular weight excluding hydrogens is 2010 g/mol. The fourth-order valence-electron chi connectivity index (χ4n) is 19.1. The van der Waals surface area contributed by atoms with Crippen LogP contribution in [-0.2, 0) is 133 Å². The third kappa shape index (κ3) is 27.0. The summed E-state index contributed by atoms with van der Waals surface area (Å²) < 4.78 is 138. The molecule has 12 aliphatic rings. The summed E-state index contributed by atoms with van der Waals surface area (Å²) in [7, 11) is 0. The molecule has 0 saturated carbocycles. The van der Waals surface area contributed by atoms with Crippen LogP contribution in [0.4, 0.5) is 0 Å². The third-order valence-corrected chi connectivity index (χ3v) is 27.0. The number of aliphatic hydroxyl groups excluding tert-OH is 32. The van der Waals surface area contributed by atoms with Crippen molar-refractivity contribution in [2.75, 3.05) is 72.7 Å². The van der Waals surface area contributed by atoms with Crippen molar-refractivity contribution in [2.24, 2.45) is 0 Å². The van der Waals surface area contributed by atoms with Gasteiger partial charge in [-0.1, -0.05) is 0 Å². The van der Waals surface area contributed by atoms with Gasteiger partial charge in [-0.05, 0) is 6.92 Å². The first-order valence-corrected chi connectivity index (χ1v) is 47.0. The lowest BCUT2D eigenvalue weighted by Gasteiger charge is -2.51. The van der Waals surface area contributed by atoms with Crippen LogP contribution >= 0.6 is 0 Å². The van der Waals surface area contributed by atoms with Crippen LogP contribution in [0.1, 0.15) is 41.5 Å². The normalized spacial score (nSPS) is 49.6. The molecule has 12 rings (SSSR count). The minimum atomic E-state index is -2.73. The van der Waals surface area contributed by atoms with E-state index in [0.29, 0.717) is 0 Å². The monoisotopic (exact) mass is 2150 g/mol. The Kier molecular flexibility index (Phi) is 43.4. The number of ether oxygens (including phenoxy) is 23. The van der Waals surface area contributed by atoms with Gasteiger partial charge in [-0.15, -0.1) is 0 Å². The van der Waals surface area contributed by atoms with Crippen molar-refractivity contribution in [3.05, 3.63) is 0 Å². The highest BCUT2D eigenvalue weighted by molar-refractivity contribution is 5.75. The standard InChI is InChI=1S/C82H137N5O60/c1-18-40(101)52(113)57(118)76(128-18)127-17-34-67(47(108)35(71(124)129-34)83-19(2)96)140-73-37(85-21(4)98)49(110)66(31(14-95)135-73)144-81-62(123)69(146-82-70(56(117)44(105)27(10-91)133-82)147-75-39(87-23(6)100)51(112)65(30(13-94)137-75)143-80-60(121)55(116)43(104)26(9-90)132-80)46(107)33(139-81)16-126-77-61(122)68(145-74-38(86-22(5)99)50(111)64(29(12-93)136-74)142-79-59(120)54(115)42(103)25(8-89)131-79)45(106)32(138-77)15-125-72-36(84-20(3)97)48(109)63(28(11-92)134-72)141-78-58(119)53(114)41(102)24(7-88)130-78/h18,24-82,88-95,101-124H,7-17H2,1-6H3,(H,83,96)(H,84,97)(H,85,98)(H,86,99)(H,87,100)/t18-,24+,25+,26+,27+,28+,29+,30+,31+,32+,33+,34+,35+,36+,37+,38+,39+,40+,41-,42-,43-,44+,45+,46+,47+,48+,49+,50+,51+,52+,53-,54-,55-,56-,57-,58+,59+,60+,61-,62-,63+,64+,65+,66+,67+,68-,69-,70-,71+,72+,73-,74-,75-,76+,77-,78-,79-,80-,81-,82+/m0/s1. The third-order valence-electron chi connectivity index (χ3n) is 27.0. The van der Waals surface area contributed by atoms with E-state index >= 15 is 0 Å². The Labute approximate surface area is 832 Å². The van der Waals surface area contributed by atoms with E-state index in [4.69, 9.17) is 109 Å². The Morgan fingerprint density at radius 3 is 0.769 bits per heavy atom. The van der Waals surface area contributed by atoms with E-state index < -0.39 is 470 Å². The van der Waals surface area contributed by atoms with Crippen molar-refractivity contribution in [3.63, 3.8) is 0 Å². The molecule has 12 heterocycles. The molecule has 60 atom stereocenters. The number of amides is 5. The largest absolute Gasteiger partial charge is 0.394 e. The van der Waals surface area contributed by atoms with Gasteiger partial charge >= 0.3 is 0 Å². The number of hydrogen-bond acceptors (Lipinski definition) is 60. The zero-order valence-electron chi connectivity index (χ0n) is 79.2. The summed E-state index contributed by atoms with van der Waals surface area (Å²) in [6.07, 6.45) is -118. The molecule has 0 bridgehead atoms. The zero-order chi connectivity index (χ0) is 108. The van der Waals surface area contributed by atoms with E-state index in [9.17, 15) is 187 Å². The molecule has 12 aliphatic heterocycles. The lowest BCUT2D eigenvalue weighted by molar-refractivity contribution is -0.398. The van der Waals surface area contributed by atoms with Crippen molar-refractivity contribution in [1.82, 2.24) is 26.6 Å². The molecule has 12 fully saturated rings. The molecule has 65 heteroatoms. The number of aliphatic hydroxyl groups is 32. The van der Waals surface area contributed by atoms with Crippen LogP contribution in [0.15, 0.2) is 0 Å². The molecule has 0 aromatic heterocycles. The average Bonchev–Trinajstić information content (AvgIpc) is 0.764. The summed E-state index contributed by atoms with van der Waals surface area (Å²) in [5.74, 6) is -4.93. The van der Waals surface area contributed by atoms with Crippen LogP contribution in [0, 0.1) is 0 Å². The molecule has 5 amide bonds. The van der Waals surface area contributed by atoms with E-state index in [1.807, 2.05) is 0 Å². The fraction of sp³-hybridized carbons (Fsp3) is 0.939. The van der Waals surface area contributed by atoms with Crippen molar-refractivity contribution in [2.45, 2.75) is 410 Å². The number of carbonyl (C=O) groups excluding carboxylic acids is 5. The van der Waals surface area contributed by atoms with E-state index in [1.165, 1.54) is 6.92 Å². The van der Waals surface area contributed by atoms with Crippen LogP contribution < -0.4 is 26.6 Å². The Hall–Kier alpha value is -4.85. The van der Waals surface area contributed by atoms with E-state index in [1.54, 1.807) is 0 Å². The van der Waals surface area contributed by atoms with Gasteiger partial charge in [0, 0.05) is 34.6 Å². The predicted octanol–water partition coefficient (Wildman–Crippen LogP) is -25.4. The lowest BCUT2D eigenvalue weighted by Crippen LogP contribution is -2.71. The van der Waals surface area contributed by atoms with Gasteiger partial charge in [0.25, 0.3) is 0 Å². The topological polar surface area (TPSA) is 1010 Å². The Morgan fingerprint density at radius 2 is 0.415 bits per heavy atom. The molecule has 37 N–H and O–H groups in total. The highest BCUT2D eigenvalue weighted by atomic mass is 16.8. The smallest absolute Gasteiger partial charge is 0.217 e. The molecule has 65 nitrogen and oxygen atoms in total. The van der Waals surface area contributed by atoms with Crippen LogP contribution in [0.5, 0.6) is 0 Å². The summed E-state index contributed by atoms with van der Waals surface area (Å²) in [6, 6.07) is -9.94. The van der Waals surface area contributed by atoms with Gasteiger partial charge in [-0.3, -0.25) is 24.0 Å². The molecule has 850 valence electrons. The highest BCUT2D eigenvalue weighted by Gasteiger charge is 2.63. The second-order valence-corrected chi connectivity index (χ2v) is 37.4. The molecule has 0 aromatic rings. The van der Waals surface area contributed by atoms with Gasteiger partial charge in [0.15, 0.2) is 75.5 Å². The van der Waals surface area contributed by atoms with Gasteiger partial charge < -0.3 is 299 Å². The van der Waals surface area contributed by atoms with Crippen LogP contribution in [0.3, 0.4) is 0 Å². The zero-order valence-corrected chi connectivity index (χ0v) is 79.2. The summed E-state index contributed by atoms with van der Waals surface area (Å²) in [4.78, 5) is 65.5. The molecule has 0 radical (unpaired) electrons. The molecule has 12 saturated heterocycles. The van der Waals surface area contributed by atoms with Crippen molar-refractivity contribution < 1.29 is 296 Å². The second kappa shape index (κ2) is 52.8. The molecular formula is C82H137N5O60. The average molecular weight is 2150 g/mol. The van der Waals surface area contributed by atoms with Gasteiger partial charge in [-0.2, -0.15) is 0 Å². The summed E-state index contributed by atoms with van der Waals surface area (Å²) in [6.45, 7) is -6.83. The summed E-state index contributed by atoms with van der Waals surface area (Å²) in [5.41, 5.74) is 0. The first-order valence-electron chi connectivity index (χ1n) is 47.0. The van der Waals surface area contributed by atoms with Crippen LogP contribution in [0.25, 0.3) is 0 Å². The fourth-order valence-corrected chi connectivity index (χ4v) is 19.1.